The Morgan fingerprint density at radius 2 is 1.95 bits per heavy atom. The lowest BCUT2D eigenvalue weighted by Crippen LogP contribution is -2.46. The summed E-state index contributed by atoms with van der Waals surface area (Å²) >= 11 is 0. The summed E-state index contributed by atoms with van der Waals surface area (Å²) in [5.41, 5.74) is 5.62. The fraction of sp³-hybridized carbons (Fsp3) is 0.933. The van der Waals surface area contributed by atoms with Crippen LogP contribution in [0.15, 0.2) is 0 Å². The first-order chi connectivity index (χ1) is 9.27. The molecule has 0 radical (unpaired) electrons. The van der Waals surface area contributed by atoms with Crippen molar-refractivity contribution in [3.05, 3.63) is 0 Å². The summed E-state index contributed by atoms with van der Waals surface area (Å²) in [6.45, 7) is 2.09. The second-order valence-corrected chi connectivity index (χ2v) is 6.08. The van der Waals surface area contributed by atoms with E-state index in [1.54, 1.807) is 0 Å². The molecule has 1 aliphatic carbocycles. The fourth-order valence-corrected chi connectivity index (χ4v) is 3.34. The lowest BCUT2D eigenvalue weighted by atomic mass is 9.79. The number of rotatable bonds is 5. The maximum absolute atomic E-state index is 12.4. The molecule has 0 bridgehead atoms. The molecule has 2 rings (SSSR count). The van der Waals surface area contributed by atoms with Crippen LogP contribution in [0.3, 0.4) is 0 Å². The average Bonchev–Trinajstić information content (AvgIpc) is 2.82. The zero-order valence-electron chi connectivity index (χ0n) is 12.0. The molecule has 1 atom stereocenters. The van der Waals surface area contributed by atoms with Gasteiger partial charge in [-0.25, -0.2) is 0 Å². The third kappa shape index (κ3) is 3.93. The highest BCUT2D eigenvalue weighted by Crippen LogP contribution is 2.34. The molecule has 19 heavy (non-hydrogen) atoms. The molecule has 4 nitrogen and oxygen atoms in total. The van der Waals surface area contributed by atoms with Crippen LogP contribution in [0.4, 0.5) is 0 Å². The summed E-state index contributed by atoms with van der Waals surface area (Å²) in [5, 5.41) is 3.10. The predicted octanol–water partition coefficient (Wildman–Crippen LogP) is 1.97. The van der Waals surface area contributed by atoms with Gasteiger partial charge in [-0.1, -0.05) is 25.7 Å². The largest absolute Gasteiger partial charge is 0.378 e. The van der Waals surface area contributed by atoms with Crippen molar-refractivity contribution in [3.63, 3.8) is 0 Å². The van der Waals surface area contributed by atoms with Gasteiger partial charge in [-0.15, -0.1) is 0 Å². The van der Waals surface area contributed by atoms with Gasteiger partial charge in [0.2, 0.25) is 5.91 Å². The van der Waals surface area contributed by atoms with Crippen LogP contribution in [-0.2, 0) is 9.53 Å². The van der Waals surface area contributed by atoms with Gasteiger partial charge in [0.15, 0.2) is 0 Å². The third-order valence-electron chi connectivity index (χ3n) is 4.71. The summed E-state index contributed by atoms with van der Waals surface area (Å²) in [6, 6.07) is 0. The number of nitrogens with two attached hydrogens (primary N) is 1. The lowest BCUT2D eigenvalue weighted by molar-refractivity contribution is -0.131. The van der Waals surface area contributed by atoms with E-state index in [2.05, 4.69) is 5.32 Å². The number of hydrogen-bond acceptors (Lipinski definition) is 3. The Morgan fingerprint density at radius 3 is 2.53 bits per heavy atom. The average molecular weight is 268 g/mol. The van der Waals surface area contributed by atoms with E-state index >= 15 is 0 Å². The molecule has 0 aromatic carbocycles. The Bertz CT molecular complexity index is 280. The molecule has 0 aromatic rings. The van der Waals surface area contributed by atoms with E-state index in [9.17, 15) is 4.79 Å². The van der Waals surface area contributed by atoms with Crippen molar-refractivity contribution in [1.29, 1.82) is 0 Å². The molecule has 0 spiro atoms. The molecule has 1 heterocycles. The van der Waals surface area contributed by atoms with Crippen molar-refractivity contribution >= 4 is 5.91 Å². The van der Waals surface area contributed by atoms with Gasteiger partial charge < -0.3 is 15.8 Å². The van der Waals surface area contributed by atoms with Crippen LogP contribution in [0.25, 0.3) is 0 Å². The van der Waals surface area contributed by atoms with Gasteiger partial charge in [0, 0.05) is 19.7 Å². The van der Waals surface area contributed by atoms with E-state index < -0.39 is 0 Å². The molecule has 3 N–H and O–H groups in total. The Hall–Kier alpha value is -0.610. The molecule has 1 unspecified atom stereocenters. The molecular weight excluding hydrogens is 240 g/mol. The zero-order chi connectivity index (χ0) is 13.6. The van der Waals surface area contributed by atoms with Crippen LogP contribution in [0.5, 0.6) is 0 Å². The first-order valence-corrected chi connectivity index (χ1v) is 7.87. The third-order valence-corrected chi connectivity index (χ3v) is 4.71. The first kappa shape index (κ1) is 14.8. The van der Waals surface area contributed by atoms with Crippen molar-refractivity contribution in [2.75, 3.05) is 19.7 Å². The normalized spacial score (nSPS) is 26.9. The number of nitrogens with one attached hydrogen (secondary N) is 1. The van der Waals surface area contributed by atoms with Gasteiger partial charge in [0.1, 0.15) is 0 Å². The molecule has 110 valence electrons. The van der Waals surface area contributed by atoms with Crippen LogP contribution in [0.2, 0.25) is 0 Å². The Labute approximate surface area is 116 Å². The topological polar surface area (TPSA) is 64.4 Å². The smallest absolute Gasteiger partial charge is 0.227 e. The second-order valence-electron chi connectivity index (χ2n) is 6.08. The van der Waals surface area contributed by atoms with E-state index in [4.69, 9.17) is 10.5 Å². The number of carbonyl (C=O) groups excluding carboxylic acids is 1. The molecule has 1 aliphatic heterocycles. The predicted molar refractivity (Wildman–Crippen MR) is 75.8 cm³/mol. The van der Waals surface area contributed by atoms with Crippen molar-refractivity contribution < 1.29 is 9.53 Å². The van der Waals surface area contributed by atoms with Gasteiger partial charge >= 0.3 is 0 Å². The maximum atomic E-state index is 12.4. The molecule has 0 aromatic heterocycles. The molecular formula is C15H28N2O2. The van der Waals surface area contributed by atoms with E-state index in [1.807, 2.05) is 0 Å². The minimum absolute atomic E-state index is 0.176. The highest BCUT2D eigenvalue weighted by Gasteiger charge is 2.36. The fourth-order valence-electron chi connectivity index (χ4n) is 3.34. The van der Waals surface area contributed by atoms with Gasteiger partial charge in [-0.2, -0.15) is 0 Å². The monoisotopic (exact) mass is 268 g/mol. The standard InChI is InChI=1S/C15H28N2O2/c16-12-15(8-3-1-2-4-9-15)14(18)17-10-7-13-6-5-11-19-13/h13H,1-12,16H2,(H,17,18). The van der Waals surface area contributed by atoms with Crippen LogP contribution < -0.4 is 11.1 Å². The first-order valence-electron chi connectivity index (χ1n) is 7.87. The lowest BCUT2D eigenvalue weighted by Gasteiger charge is -2.30. The number of amides is 1. The van der Waals surface area contributed by atoms with E-state index in [-0.39, 0.29) is 11.3 Å². The molecule has 1 saturated heterocycles. The molecule has 4 heteroatoms. The van der Waals surface area contributed by atoms with Crippen LogP contribution in [0.1, 0.15) is 57.8 Å². The Morgan fingerprint density at radius 1 is 1.21 bits per heavy atom. The second kappa shape index (κ2) is 7.25. The SMILES string of the molecule is NCC1(C(=O)NCCC2CCCO2)CCCCCC1. The zero-order valence-corrected chi connectivity index (χ0v) is 12.0. The Kier molecular flexibility index (Phi) is 5.64. The van der Waals surface area contributed by atoms with Crippen molar-refractivity contribution in [1.82, 2.24) is 5.32 Å². The summed E-state index contributed by atoms with van der Waals surface area (Å²) in [6.07, 6.45) is 10.2. The van der Waals surface area contributed by atoms with E-state index in [0.29, 0.717) is 12.6 Å². The van der Waals surface area contributed by atoms with Crippen molar-refractivity contribution in [2.24, 2.45) is 11.1 Å². The van der Waals surface area contributed by atoms with Gasteiger partial charge in [-0.05, 0) is 32.1 Å². The van der Waals surface area contributed by atoms with Crippen molar-refractivity contribution in [2.45, 2.75) is 63.9 Å². The highest BCUT2D eigenvalue weighted by molar-refractivity contribution is 5.82. The van der Waals surface area contributed by atoms with E-state index in [1.165, 1.54) is 12.8 Å². The summed E-state index contributed by atoms with van der Waals surface area (Å²) in [5.74, 6) is 0.176. The van der Waals surface area contributed by atoms with Crippen LogP contribution in [0, 0.1) is 5.41 Å². The van der Waals surface area contributed by atoms with Crippen LogP contribution in [-0.4, -0.2) is 31.7 Å². The van der Waals surface area contributed by atoms with Crippen molar-refractivity contribution in [3.8, 4) is 0 Å². The molecule has 2 aliphatic rings. The van der Waals surface area contributed by atoms with Crippen LogP contribution >= 0.6 is 0 Å². The quantitative estimate of drug-likeness (QED) is 0.749. The minimum Gasteiger partial charge on any atom is -0.378 e. The highest BCUT2D eigenvalue weighted by atomic mass is 16.5. The maximum Gasteiger partial charge on any atom is 0.227 e. The number of ether oxygens (including phenoxy) is 1. The number of hydrogen-bond donors (Lipinski definition) is 2. The number of carbonyl (C=O) groups is 1. The van der Waals surface area contributed by atoms with Gasteiger partial charge in [0.25, 0.3) is 0 Å². The summed E-state index contributed by atoms with van der Waals surface area (Å²) < 4.78 is 5.58. The molecule has 1 saturated carbocycles. The summed E-state index contributed by atoms with van der Waals surface area (Å²) in [7, 11) is 0. The van der Waals surface area contributed by atoms with E-state index in [0.717, 1.165) is 58.1 Å². The summed E-state index contributed by atoms with van der Waals surface area (Å²) in [4.78, 5) is 12.4. The Balaban J connectivity index is 1.78. The molecule has 2 fully saturated rings. The molecule has 1 amide bonds. The minimum atomic E-state index is -0.299. The van der Waals surface area contributed by atoms with Gasteiger partial charge in [0.05, 0.1) is 11.5 Å². The van der Waals surface area contributed by atoms with Gasteiger partial charge in [-0.3, -0.25) is 4.79 Å².